The predicted molar refractivity (Wildman–Crippen MR) is 94.8 cm³/mol. The van der Waals surface area contributed by atoms with Gasteiger partial charge in [-0.2, -0.15) is 0 Å². The minimum absolute atomic E-state index is 0.00303. The molecule has 0 aliphatic heterocycles. The van der Waals surface area contributed by atoms with Crippen LogP contribution >= 0.6 is 11.6 Å². The van der Waals surface area contributed by atoms with E-state index < -0.39 is 0 Å². The maximum atomic E-state index is 11.7. The van der Waals surface area contributed by atoms with Crippen molar-refractivity contribution in [3.63, 3.8) is 0 Å². The van der Waals surface area contributed by atoms with E-state index >= 15 is 0 Å². The molecule has 7 heteroatoms. The molecule has 2 aromatic carbocycles. The molecule has 2 N–H and O–H groups in total. The van der Waals surface area contributed by atoms with Gasteiger partial charge in [-0.1, -0.05) is 17.7 Å². The molecule has 1 amide bonds. The van der Waals surface area contributed by atoms with Crippen molar-refractivity contribution in [3.8, 4) is 0 Å². The topological polar surface area (TPSA) is 76.1 Å². The summed E-state index contributed by atoms with van der Waals surface area (Å²) in [6.45, 7) is -0.00303. The highest BCUT2D eigenvalue weighted by molar-refractivity contribution is 6.30. The SMILES string of the molecule is COCC(=O)Nc1ccc2ncnc(Nc3cccc(Cl)c3)c2c1. The Balaban J connectivity index is 1.94. The van der Waals surface area contributed by atoms with E-state index in [2.05, 4.69) is 20.6 Å². The van der Waals surface area contributed by atoms with E-state index in [1.165, 1.54) is 13.4 Å². The molecule has 3 rings (SSSR count). The van der Waals surface area contributed by atoms with Crippen LogP contribution in [0.5, 0.6) is 0 Å². The molecule has 1 heterocycles. The predicted octanol–water partition coefficient (Wildman–Crippen LogP) is 3.61. The lowest BCUT2D eigenvalue weighted by molar-refractivity contribution is -0.119. The standard InChI is InChI=1S/C17H15ClN4O2/c1-24-9-16(23)21-13-5-6-15-14(8-13)17(20-10-19-15)22-12-4-2-3-11(18)7-12/h2-8,10H,9H2,1H3,(H,21,23)(H,19,20,22). The fourth-order valence-corrected chi connectivity index (χ4v) is 2.46. The Labute approximate surface area is 143 Å². The van der Waals surface area contributed by atoms with Gasteiger partial charge >= 0.3 is 0 Å². The monoisotopic (exact) mass is 342 g/mol. The van der Waals surface area contributed by atoms with Crippen molar-refractivity contribution in [2.24, 2.45) is 0 Å². The minimum atomic E-state index is -0.224. The molecule has 0 atom stereocenters. The van der Waals surface area contributed by atoms with Gasteiger partial charge in [-0.3, -0.25) is 4.79 Å². The molecule has 0 fully saturated rings. The summed E-state index contributed by atoms with van der Waals surface area (Å²) in [5.41, 5.74) is 2.23. The number of fused-ring (bicyclic) bond motifs is 1. The molecule has 0 spiro atoms. The first-order valence-corrected chi connectivity index (χ1v) is 7.59. The Bertz CT molecular complexity index is 885. The van der Waals surface area contributed by atoms with Gasteiger partial charge in [0.1, 0.15) is 18.8 Å². The zero-order valence-corrected chi connectivity index (χ0v) is 13.7. The number of methoxy groups -OCH3 is 1. The summed E-state index contributed by atoms with van der Waals surface area (Å²) >= 11 is 6.01. The van der Waals surface area contributed by atoms with Crippen molar-refractivity contribution in [3.05, 3.63) is 53.8 Å². The van der Waals surface area contributed by atoms with E-state index in [1.54, 1.807) is 18.2 Å². The summed E-state index contributed by atoms with van der Waals surface area (Å²) in [5.74, 6) is 0.406. The van der Waals surface area contributed by atoms with E-state index in [0.717, 1.165) is 16.6 Å². The van der Waals surface area contributed by atoms with Crippen molar-refractivity contribution in [2.45, 2.75) is 0 Å². The summed E-state index contributed by atoms with van der Waals surface area (Å²) in [4.78, 5) is 20.2. The van der Waals surface area contributed by atoms with Crippen LogP contribution in [0.4, 0.5) is 17.2 Å². The molecule has 0 saturated heterocycles. The maximum Gasteiger partial charge on any atom is 0.250 e. The van der Waals surface area contributed by atoms with Gasteiger partial charge in [-0.05, 0) is 36.4 Å². The van der Waals surface area contributed by atoms with E-state index in [0.29, 0.717) is 16.5 Å². The minimum Gasteiger partial charge on any atom is -0.375 e. The number of rotatable bonds is 5. The Kier molecular flexibility index (Phi) is 4.88. The molecule has 0 radical (unpaired) electrons. The van der Waals surface area contributed by atoms with Crippen molar-refractivity contribution in [2.75, 3.05) is 24.4 Å². The lowest BCUT2D eigenvalue weighted by Crippen LogP contribution is -2.17. The first-order valence-electron chi connectivity index (χ1n) is 7.22. The van der Waals surface area contributed by atoms with Crippen molar-refractivity contribution >= 4 is 45.6 Å². The lowest BCUT2D eigenvalue weighted by atomic mass is 10.2. The number of ether oxygens (including phenoxy) is 1. The van der Waals surface area contributed by atoms with Crippen LogP contribution in [0.2, 0.25) is 5.02 Å². The van der Waals surface area contributed by atoms with Crippen LogP contribution in [-0.2, 0) is 9.53 Å². The molecular weight excluding hydrogens is 328 g/mol. The number of halogens is 1. The molecule has 0 aliphatic carbocycles. The molecule has 24 heavy (non-hydrogen) atoms. The fourth-order valence-electron chi connectivity index (χ4n) is 2.27. The maximum absolute atomic E-state index is 11.7. The van der Waals surface area contributed by atoms with Crippen molar-refractivity contribution in [1.29, 1.82) is 0 Å². The number of amides is 1. The number of carbonyl (C=O) groups is 1. The highest BCUT2D eigenvalue weighted by Crippen LogP contribution is 2.26. The fraction of sp³-hybridized carbons (Fsp3) is 0.118. The molecule has 0 bridgehead atoms. The van der Waals surface area contributed by atoms with E-state index in [-0.39, 0.29) is 12.5 Å². The Morgan fingerprint density at radius 2 is 2.04 bits per heavy atom. The molecule has 0 unspecified atom stereocenters. The van der Waals surface area contributed by atoms with Crippen LogP contribution in [0, 0.1) is 0 Å². The van der Waals surface area contributed by atoms with Gasteiger partial charge in [-0.15, -0.1) is 0 Å². The second-order valence-electron chi connectivity index (χ2n) is 5.07. The number of carbonyl (C=O) groups excluding carboxylic acids is 1. The summed E-state index contributed by atoms with van der Waals surface area (Å²) in [7, 11) is 1.47. The average molecular weight is 343 g/mol. The van der Waals surface area contributed by atoms with E-state index in [1.807, 2.05) is 24.3 Å². The van der Waals surface area contributed by atoms with Gasteiger partial charge in [0.05, 0.1) is 5.52 Å². The molecule has 0 aliphatic rings. The molecular formula is C17H15ClN4O2. The molecule has 6 nitrogen and oxygen atoms in total. The largest absolute Gasteiger partial charge is 0.375 e. The van der Waals surface area contributed by atoms with Crippen LogP contribution in [0.3, 0.4) is 0 Å². The van der Waals surface area contributed by atoms with Crippen LogP contribution in [0.1, 0.15) is 0 Å². The van der Waals surface area contributed by atoms with Gasteiger partial charge in [0, 0.05) is 28.9 Å². The number of benzene rings is 2. The van der Waals surface area contributed by atoms with Crippen LogP contribution in [0.15, 0.2) is 48.8 Å². The van der Waals surface area contributed by atoms with Crippen molar-refractivity contribution < 1.29 is 9.53 Å². The first-order chi connectivity index (χ1) is 11.7. The number of anilines is 3. The first kappa shape index (κ1) is 16.2. The van der Waals surface area contributed by atoms with E-state index in [4.69, 9.17) is 16.3 Å². The smallest absolute Gasteiger partial charge is 0.250 e. The van der Waals surface area contributed by atoms with Gasteiger partial charge in [-0.25, -0.2) is 9.97 Å². The van der Waals surface area contributed by atoms with Crippen LogP contribution < -0.4 is 10.6 Å². The van der Waals surface area contributed by atoms with Gasteiger partial charge in [0.25, 0.3) is 0 Å². The lowest BCUT2D eigenvalue weighted by Gasteiger charge is -2.10. The average Bonchev–Trinajstić information content (AvgIpc) is 2.56. The van der Waals surface area contributed by atoms with Gasteiger partial charge in [0.15, 0.2) is 0 Å². The number of hydrogen-bond acceptors (Lipinski definition) is 5. The third-order valence-corrected chi connectivity index (χ3v) is 3.52. The normalized spacial score (nSPS) is 10.6. The van der Waals surface area contributed by atoms with Crippen LogP contribution in [0.25, 0.3) is 10.9 Å². The van der Waals surface area contributed by atoms with Gasteiger partial charge in [0.2, 0.25) is 5.91 Å². The van der Waals surface area contributed by atoms with E-state index in [9.17, 15) is 4.79 Å². The zero-order valence-electron chi connectivity index (χ0n) is 12.9. The summed E-state index contributed by atoms with van der Waals surface area (Å²) in [5, 5.41) is 7.40. The Hall–Kier alpha value is -2.70. The molecule has 0 saturated carbocycles. The third-order valence-electron chi connectivity index (χ3n) is 3.28. The quantitative estimate of drug-likeness (QED) is 0.740. The summed E-state index contributed by atoms with van der Waals surface area (Å²) < 4.78 is 4.82. The Morgan fingerprint density at radius 1 is 1.17 bits per heavy atom. The molecule has 3 aromatic rings. The van der Waals surface area contributed by atoms with Crippen molar-refractivity contribution in [1.82, 2.24) is 9.97 Å². The summed E-state index contributed by atoms with van der Waals surface area (Å²) in [6, 6.07) is 12.8. The van der Waals surface area contributed by atoms with Gasteiger partial charge < -0.3 is 15.4 Å². The second kappa shape index (κ2) is 7.25. The zero-order chi connectivity index (χ0) is 16.9. The number of nitrogens with zero attached hydrogens (tertiary/aromatic N) is 2. The molecule has 1 aromatic heterocycles. The highest BCUT2D eigenvalue weighted by Gasteiger charge is 2.08. The third kappa shape index (κ3) is 3.79. The second-order valence-corrected chi connectivity index (χ2v) is 5.51. The highest BCUT2D eigenvalue weighted by atomic mass is 35.5. The summed E-state index contributed by atoms with van der Waals surface area (Å²) in [6.07, 6.45) is 1.48. The number of aromatic nitrogens is 2. The Morgan fingerprint density at radius 3 is 2.83 bits per heavy atom. The number of hydrogen-bond donors (Lipinski definition) is 2. The van der Waals surface area contributed by atoms with Crippen LogP contribution in [-0.4, -0.2) is 29.6 Å². The number of nitrogens with one attached hydrogen (secondary N) is 2. The molecule has 122 valence electrons.